The molecule has 5 rings (SSSR count). The van der Waals surface area contributed by atoms with Crippen molar-refractivity contribution in [3.8, 4) is 17.6 Å². The van der Waals surface area contributed by atoms with Gasteiger partial charge in [-0.2, -0.15) is 4.72 Å². The lowest BCUT2D eigenvalue weighted by Gasteiger charge is -2.53. The van der Waals surface area contributed by atoms with Gasteiger partial charge in [0, 0.05) is 37.3 Å². The van der Waals surface area contributed by atoms with Gasteiger partial charge in [0.15, 0.2) is 11.4 Å². The second kappa shape index (κ2) is 12.1. The smallest absolute Gasteiger partial charge is 0.241 e. The van der Waals surface area contributed by atoms with E-state index in [9.17, 15) is 43.2 Å². The first-order valence-corrected chi connectivity index (χ1v) is 16.4. The first kappa shape index (κ1) is 34.1. The third-order valence-electron chi connectivity index (χ3n) is 9.45. The highest BCUT2D eigenvalue weighted by Crippen LogP contribution is 2.53. The molecule has 0 heterocycles. The van der Waals surface area contributed by atoms with E-state index in [0.717, 1.165) is 5.56 Å². The number of hydrogen-bond donors (Lipinski definition) is 6. The minimum atomic E-state index is -3.86. The number of nitrogens with one attached hydrogen (secondary N) is 1. The van der Waals surface area contributed by atoms with Gasteiger partial charge in [0.05, 0.1) is 28.7 Å². The number of primary amides is 1. The Bertz CT molecular complexity index is 1880. The number of carbonyl (C=O) groups is 3. The van der Waals surface area contributed by atoms with Crippen LogP contribution in [-0.4, -0.2) is 104 Å². The van der Waals surface area contributed by atoms with Crippen LogP contribution >= 0.6 is 0 Å². The molecule has 2 unspecified atom stereocenters. The van der Waals surface area contributed by atoms with Gasteiger partial charge >= 0.3 is 0 Å². The molecule has 7 N–H and O–H groups in total. The Balaban J connectivity index is 1.56. The fourth-order valence-corrected chi connectivity index (χ4v) is 8.14. The Morgan fingerprint density at radius 2 is 1.77 bits per heavy atom. The zero-order chi connectivity index (χ0) is 34.7. The molecule has 6 atom stereocenters. The zero-order valence-corrected chi connectivity index (χ0v) is 27.4. The number of ketones is 2. The van der Waals surface area contributed by atoms with Gasteiger partial charge in [-0.15, -0.1) is 0 Å². The van der Waals surface area contributed by atoms with Gasteiger partial charge < -0.3 is 36.0 Å². The van der Waals surface area contributed by atoms with Crippen molar-refractivity contribution in [2.24, 2.45) is 23.5 Å². The summed E-state index contributed by atoms with van der Waals surface area (Å²) in [4.78, 5) is 43.3. The molecular weight excluding hydrogens is 628 g/mol. The standard InChI is InChI=1S/C33H38N4O9S/c1-16-8-10-19(11-9-16)47(45,46)35-12-6-7-17-15-22(36(2)3)20-13-18-14-21-26(37(4)5)29(40)25(32(34)43)31(42)33(21,44)30(41)23(18)28(39)24(20)27(17)38/h8-11,15,18,21,25-26,29,35,38-40,44H,12-14H2,1-5H3,(H2,34,43)/t18-,21-,25?,26-,29?,33-/m1/s1. The van der Waals surface area contributed by atoms with Crippen LogP contribution in [-0.2, 0) is 30.8 Å². The molecule has 0 bridgehead atoms. The maximum atomic E-state index is 14.1. The summed E-state index contributed by atoms with van der Waals surface area (Å²) in [5, 5.41) is 45.8. The Hall–Kier alpha value is -4.26. The number of aromatic hydroxyl groups is 1. The van der Waals surface area contributed by atoms with Crippen molar-refractivity contribution in [1.29, 1.82) is 0 Å². The van der Waals surface area contributed by atoms with E-state index < -0.39 is 74.5 Å². The molecule has 0 spiro atoms. The second-order valence-electron chi connectivity index (χ2n) is 12.8. The first-order valence-electron chi connectivity index (χ1n) is 14.9. The number of amides is 1. The number of fused-ring (bicyclic) bond motifs is 3. The number of sulfonamides is 1. The normalized spacial score (nSPS) is 27.0. The fourth-order valence-electron chi connectivity index (χ4n) is 7.22. The largest absolute Gasteiger partial charge is 0.507 e. The van der Waals surface area contributed by atoms with Crippen molar-refractivity contribution >= 4 is 38.9 Å². The topological polar surface area (TPSA) is 211 Å². The van der Waals surface area contributed by atoms with Crippen LogP contribution in [0.15, 0.2) is 40.8 Å². The number of aliphatic hydroxyl groups excluding tert-OH is 2. The van der Waals surface area contributed by atoms with E-state index in [1.807, 2.05) is 6.92 Å². The molecule has 1 amide bonds. The van der Waals surface area contributed by atoms with E-state index in [-0.39, 0.29) is 41.0 Å². The summed E-state index contributed by atoms with van der Waals surface area (Å²) < 4.78 is 27.7. The summed E-state index contributed by atoms with van der Waals surface area (Å²) in [6.45, 7) is 1.54. The number of hydrogen-bond acceptors (Lipinski definition) is 11. The van der Waals surface area contributed by atoms with Gasteiger partial charge in [-0.25, -0.2) is 8.42 Å². The third kappa shape index (κ3) is 5.47. The molecule has 0 radical (unpaired) electrons. The lowest BCUT2D eigenvalue weighted by Crippen LogP contribution is -2.73. The van der Waals surface area contributed by atoms with Crippen LogP contribution in [0.4, 0.5) is 5.69 Å². The quantitative estimate of drug-likeness (QED) is 0.176. The van der Waals surface area contributed by atoms with Gasteiger partial charge in [-0.3, -0.25) is 14.4 Å². The van der Waals surface area contributed by atoms with E-state index in [0.29, 0.717) is 11.3 Å². The molecule has 0 saturated heterocycles. The molecular formula is C33H38N4O9S. The van der Waals surface area contributed by atoms with Crippen LogP contribution in [0.25, 0.3) is 5.76 Å². The highest BCUT2D eigenvalue weighted by Gasteiger charge is 2.67. The molecule has 0 aliphatic heterocycles. The summed E-state index contributed by atoms with van der Waals surface area (Å²) in [5.41, 5.74) is 4.25. The SMILES string of the molecule is Cc1ccc(S(=O)(=O)NCC#Cc2cc(N(C)C)c3c(c2O)C(O)=C2C(=O)[C@@]4(O)C(=O)C(C(N)=O)C(O)[C@H](N(C)C)[C@H]4C[C@H]2C3)cc1. The molecule has 14 heteroatoms. The number of phenolic OH excluding ortho intramolecular Hbond substituents is 1. The van der Waals surface area contributed by atoms with E-state index in [1.54, 1.807) is 51.3 Å². The number of phenols is 1. The summed E-state index contributed by atoms with van der Waals surface area (Å²) in [6.07, 6.45) is -1.46. The lowest BCUT2D eigenvalue weighted by atomic mass is 9.54. The summed E-state index contributed by atoms with van der Waals surface area (Å²) in [6, 6.07) is 6.86. The van der Waals surface area contributed by atoms with Crippen molar-refractivity contribution in [1.82, 2.24) is 9.62 Å². The number of likely N-dealkylation sites (N-methyl/N-ethyl adjacent to an activating group) is 1. The number of aryl methyl sites for hydroxylation is 1. The molecule has 3 aliphatic rings. The average molecular weight is 667 g/mol. The summed E-state index contributed by atoms with van der Waals surface area (Å²) in [5.74, 6) is -2.95. The molecule has 2 fully saturated rings. The molecule has 3 aliphatic carbocycles. The van der Waals surface area contributed by atoms with Gasteiger partial charge in [0.1, 0.15) is 17.4 Å². The first-order chi connectivity index (χ1) is 21.9. The van der Waals surface area contributed by atoms with E-state index in [2.05, 4.69) is 16.6 Å². The molecule has 0 aromatic heterocycles. The van der Waals surface area contributed by atoms with Gasteiger partial charge in [-0.05, 0) is 63.5 Å². The molecule has 47 heavy (non-hydrogen) atoms. The average Bonchev–Trinajstić information content (AvgIpc) is 2.97. The van der Waals surface area contributed by atoms with Crippen LogP contribution in [0.2, 0.25) is 0 Å². The number of benzene rings is 2. The maximum absolute atomic E-state index is 14.1. The Kier molecular flexibility index (Phi) is 8.76. The van der Waals surface area contributed by atoms with Crippen molar-refractivity contribution in [2.45, 2.75) is 42.4 Å². The highest BCUT2D eigenvalue weighted by atomic mass is 32.2. The van der Waals surface area contributed by atoms with E-state index in [4.69, 9.17) is 5.73 Å². The van der Waals surface area contributed by atoms with E-state index >= 15 is 0 Å². The number of carbonyl (C=O) groups excluding carboxylic acids is 3. The van der Waals surface area contributed by atoms with Crippen molar-refractivity contribution in [2.75, 3.05) is 39.6 Å². The van der Waals surface area contributed by atoms with Crippen molar-refractivity contribution in [3.63, 3.8) is 0 Å². The van der Waals surface area contributed by atoms with Crippen LogP contribution in [0.5, 0.6) is 5.75 Å². The Labute approximate surface area is 272 Å². The lowest BCUT2D eigenvalue weighted by molar-refractivity contribution is -0.184. The predicted molar refractivity (Wildman–Crippen MR) is 172 cm³/mol. The molecule has 13 nitrogen and oxygen atoms in total. The minimum absolute atomic E-state index is 0.00544. The number of nitrogens with zero attached hydrogens (tertiary/aromatic N) is 2. The number of nitrogens with two attached hydrogens (primary N) is 1. The van der Waals surface area contributed by atoms with E-state index in [1.165, 1.54) is 17.0 Å². The van der Waals surface area contributed by atoms with Crippen LogP contribution in [0.1, 0.15) is 28.7 Å². The zero-order valence-electron chi connectivity index (χ0n) is 26.6. The van der Waals surface area contributed by atoms with Gasteiger partial charge in [0.2, 0.25) is 21.7 Å². The maximum Gasteiger partial charge on any atom is 0.241 e. The second-order valence-corrected chi connectivity index (χ2v) is 14.5. The molecule has 2 saturated carbocycles. The Morgan fingerprint density at radius 3 is 2.34 bits per heavy atom. The van der Waals surface area contributed by atoms with Gasteiger partial charge in [-0.1, -0.05) is 29.5 Å². The summed E-state index contributed by atoms with van der Waals surface area (Å²) in [7, 11) is 2.80. The fraction of sp³-hybridized carbons (Fsp3) is 0.424. The monoisotopic (exact) mass is 666 g/mol. The molecule has 2 aromatic rings. The Morgan fingerprint density at radius 1 is 1.13 bits per heavy atom. The number of Topliss-reactive ketones (excluding diaryl/α,β-unsaturated/α-hetero) is 2. The van der Waals surface area contributed by atoms with Gasteiger partial charge in [0.25, 0.3) is 0 Å². The minimum Gasteiger partial charge on any atom is -0.507 e. The number of aliphatic hydroxyl groups is 3. The van der Waals surface area contributed by atoms with Crippen molar-refractivity contribution in [3.05, 3.63) is 58.2 Å². The van der Waals surface area contributed by atoms with Crippen LogP contribution in [0, 0.1) is 36.5 Å². The third-order valence-corrected chi connectivity index (χ3v) is 10.9. The van der Waals surface area contributed by atoms with Crippen LogP contribution in [0.3, 0.4) is 0 Å². The van der Waals surface area contributed by atoms with Crippen LogP contribution < -0.4 is 15.4 Å². The highest BCUT2D eigenvalue weighted by molar-refractivity contribution is 7.89. The van der Waals surface area contributed by atoms with Crippen molar-refractivity contribution < 1.29 is 43.2 Å². The molecule has 250 valence electrons. The molecule has 2 aromatic carbocycles. The predicted octanol–water partition coefficient (Wildman–Crippen LogP) is -0.167. The number of anilines is 1. The summed E-state index contributed by atoms with van der Waals surface area (Å²) >= 11 is 0. The number of rotatable bonds is 6.